The number of carbonyl (C=O) groups excluding carboxylic acids is 1. The number of likely N-dealkylation sites (N-methyl/N-ethyl adjacent to an activating group) is 1. The molecule has 0 bridgehead atoms. The largest absolute Gasteiger partial charge is 0.483 e. The van der Waals surface area contributed by atoms with E-state index in [0.717, 1.165) is 16.9 Å². The van der Waals surface area contributed by atoms with Crippen molar-refractivity contribution in [3.8, 4) is 5.75 Å². The molecule has 0 aliphatic carbocycles. The summed E-state index contributed by atoms with van der Waals surface area (Å²) in [7, 11) is 1.70. The Morgan fingerprint density at radius 3 is 2.13 bits per heavy atom. The second-order valence-corrected chi connectivity index (χ2v) is 10.1. The SMILES string of the molecule is CC(C(O)c1ccccc1)N(C)C(=O)COc1ccc(C(C)(C)C)cc1C(C)(C)C. The van der Waals surface area contributed by atoms with Crippen LogP contribution in [0.5, 0.6) is 5.75 Å². The molecule has 2 atom stereocenters. The van der Waals surface area contributed by atoms with Crippen molar-refractivity contribution in [3.05, 3.63) is 65.2 Å². The number of aliphatic hydroxyl groups excluding tert-OH is 1. The number of aliphatic hydroxyl groups is 1. The molecule has 0 spiro atoms. The van der Waals surface area contributed by atoms with Gasteiger partial charge in [0.25, 0.3) is 5.91 Å². The van der Waals surface area contributed by atoms with Crippen LogP contribution in [0, 0.1) is 0 Å². The first-order valence-electron chi connectivity index (χ1n) is 10.6. The molecule has 0 aliphatic rings. The van der Waals surface area contributed by atoms with Crippen molar-refractivity contribution in [3.63, 3.8) is 0 Å². The van der Waals surface area contributed by atoms with Gasteiger partial charge in [-0.05, 0) is 40.5 Å². The molecule has 2 aromatic rings. The number of amides is 1. The van der Waals surface area contributed by atoms with E-state index in [9.17, 15) is 9.90 Å². The molecule has 2 unspecified atom stereocenters. The van der Waals surface area contributed by atoms with E-state index in [2.05, 4.69) is 53.7 Å². The lowest BCUT2D eigenvalue weighted by atomic mass is 9.80. The summed E-state index contributed by atoms with van der Waals surface area (Å²) in [5, 5.41) is 10.6. The highest BCUT2D eigenvalue weighted by molar-refractivity contribution is 5.78. The Bertz CT molecular complexity index is 847. The number of nitrogens with zero attached hydrogens (tertiary/aromatic N) is 1. The first kappa shape index (κ1) is 23.9. The number of benzene rings is 2. The third-order valence-electron chi connectivity index (χ3n) is 5.61. The Morgan fingerprint density at radius 2 is 1.60 bits per heavy atom. The quantitative estimate of drug-likeness (QED) is 0.707. The zero-order chi connectivity index (χ0) is 22.7. The number of rotatable bonds is 6. The van der Waals surface area contributed by atoms with Crippen molar-refractivity contribution in [1.29, 1.82) is 0 Å². The second-order valence-electron chi connectivity index (χ2n) is 10.1. The minimum absolute atomic E-state index is 0.0393. The van der Waals surface area contributed by atoms with Crippen LogP contribution in [0.3, 0.4) is 0 Å². The number of ether oxygens (including phenoxy) is 1. The Balaban J connectivity index is 2.13. The van der Waals surface area contributed by atoms with E-state index < -0.39 is 6.10 Å². The summed E-state index contributed by atoms with van der Waals surface area (Å²) < 4.78 is 5.98. The predicted molar refractivity (Wildman–Crippen MR) is 123 cm³/mol. The van der Waals surface area contributed by atoms with Gasteiger partial charge in [-0.1, -0.05) is 84.0 Å². The minimum Gasteiger partial charge on any atom is -0.483 e. The maximum absolute atomic E-state index is 12.8. The Labute approximate surface area is 181 Å². The maximum Gasteiger partial charge on any atom is 0.260 e. The number of hydrogen-bond donors (Lipinski definition) is 1. The van der Waals surface area contributed by atoms with Gasteiger partial charge < -0.3 is 14.7 Å². The van der Waals surface area contributed by atoms with Crippen LogP contribution in [0.25, 0.3) is 0 Å². The summed E-state index contributed by atoms with van der Waals surface area (Å²) in [5.74, 6) is 0.561. The predicted octanol–water partition coefficient (Wildman–Crippen LogP) is 5.24. The van der Waals surface area contributed by atoms with Crippen LogP contribution in [0.4, 0.5) is 0 Å². The highest BCUT2D eigenvalue weighted by Gasteiger charge is 2.26. The van der Waals surface area contributed by atoms with Crippen molar-refractivity contribution < 1.29 is 14.6 Å². The van der Waals surface area contributed by atoms with Crippen molar-refractivity contribution >= 4 is 5.91 Å². The van der Waals surface area contributed by atoms with Gasteiger partial charge >= 0.3 is 0 Å². The van der Waals surface area contributed by atoms with Gasteiger partial charge in [0.15, 0.2) is 6.61 Å². The minimum atomic E-state index is -0.753. The fourth-order valence-corrected chi connectivity index (χ4v) is 3.32. The first-order valence-corrected chi connectivity index (χ1v) is 10.6. The fraction of sp³-hybridized carbons (Fsp3) is 0.500. The molecule has 2 rings (SSSR count). The monoisotopic (exact) mass is 411 g/mol. The second kappa shape index (κ2) is 9.22. The third-order valence-corrected chi connectivity index (χ3v) is 5.61. The lowest BCUT2D eigenvalue weighted by Crippen LogP contribution is -2.41. The van der Waals surface area contributed by atoms with Gasteiger partial charge in [0.2, 0.25) is 0 Å². The van der Waals surface area contributed by atoms with Crippen molar-refractivity contribution in [2.75, 3.05) is 13.7 Å². The smallest absolute Gasteiger partial charge is 0.260 e. The van der Waals surface area contributed by atoms with Gasteiger partial charge in [-0.2, -0.15) is 0 Å². The van der Waals surface area contributed by atoms with Crippen molar-refractivity contribution in [2.24, 2.45) is 0 Å². The van der Waals surface area contributed by atoms with E-state index in [-0.39, 0.29) is 29.4 Å². The van der Waals surface area contributed by atoms with Crippen LogP contribution in [-0.2, 0) is 15.6 Å². The molecule has 164 valence electrons. The third kappa shape index (κ3) is 5.85. The van der Waals surface area contributed by atoms with Crippen LogP contribution in [0.1, 0.15) is 71.3 Å². The normalized spacial score (nSPS) is 14.2. The molecule has 1 amide bonds. The number of carbonyl (C=O) groups is 1. The molecule has 0 radical (unpaired) electrons. The lowest BCUT2D eigenvalue weighted by molar-refractivity contribution is -0.136. The van der Waals surface area contributed by atoms with Crippen LogP contribution in [0.15, 0.2) is 48.5 Å². The van der Waals surface area contributed by atoms with E-state index in [1.165, 1.54) is 5.56 Å². The van der Waals surface area contributed by atoms with Crippen molar-refractivity contribution in [2.45, 2.75) is 71.4 Å². The molecular formula is C26H37NO3. The highest BCUT2D eigenvalue weighted by atomic mass is 16.5. The van der Waals surface area contributed by atoms with Crippen LogP contribution in [0.2, 0.25) is 0 Å². The van der Waals surface area contributed by atoms with E-state index in [1.54, 1.807) is 11.9 Å². The van der Waals surface area contributed by atoms with Crippen LogP contribution < -0.4 is 4.74 Å². The average Bonchev–Trinajstić information content (AvgIpc) is 2.69. The highest BCUT2D eigenvalue weighted by Crippen LogP contribution is 2.35. The zero-order valence-corrected chi connectivity index (χ0v) is 19.7. The van der Waals surface area contributed by atoms with Gasteiger partial charge in [0.1, 0.15) is 5.75 Å². The molecule has 2 aromatic carbocycles. The van der Waals surface area contributed by atoms with Gasteiger partial charge in [-0.25, -0.2) is 0 Å². The van der Waals surface area contributed by atoms with E-state index in [1.807, 2.05) is 43.3 Å². The summed E-state index contributed by atoms with van der Waals surface area (Å²) in [6.07, 6.45) is -0.753. The van der Waals surface area contributed by atoms with E-state index in [0.29, 0.717) is 0 Å². The topological polar surface area (TPSA) is 49.8 Å². The lowest BCUT2D eigenvalue weighted by Gasteiger charge is -2.30. The maximum atomic E-state index is 12.8. The molecule has 0 fully saturated rings. The van der Waals surface area contributed by atoms with Crippen LogP contribution in [-0.4, -0.2) is 35.6 Å². The molecule has 4 heteroatoms. The molecule has 4 nitrogen and oxygen atoms in total. The summed E-state index contributed by atoms with van der Waals surface area (Å²) >= 11 is 0. The molecule has 30 heavy (non-hydrogen) atoms. The Hall–Kier alpha value is -2.33. The van der Waals surface area contributed by atoms with Gasteiger partial charge in [0, 0.05) is 7.05 Å². The first-order chi connectivity index (χ1) is 13.8. The summed E-state index contributed by atoms with van der Waals surface area (Å²) in [4.78, 5) is 14.3. The van der Waals surface area contributed by atoms with Gasteiger partial charge in [-0.3, -0.25) is 4.79 Å². The summed E-state index contributed by atoms with van der Waals surface area (Å²) in [6, 6.07) is 15.2. The van der Waals surface area contributed by atoms with Gasteiger partial charge in [-0.15, -0.1) is 0 Å². The van der Waals surface area contributed by atoms with Crippen LogP contribution >= 0.6 is 0 Å². The molecular weight excluding hydrogens is 374 g/mol. The zero-order valence-electron chi connectivity index (χ0n) is 19.7. The summed E-state index contributed by atoms with van der Waals surface area (Å²) in [6.45, 7) is 14.8. The Kier molecular flexibility index (Phi) is 7.36. The summed E-state index contributed by atoms with van der Waals surface area (Å²) in [5.41, 5.74) is 3.05. The van der Waals surface area contributed by atoms with E-state index in [4.69, 9.17) is 4.74 Å². The molecule has 0 heterocycles. The average molecular weight is 412 g/mol. The molecule has 1 N–H and O–H groups in total. The Morgan fingerprint density at radius 1 is 1.00 bits per heavy atom. The molecule has 0 aliphatic heterocycles. The van der Waals surface area contributed by atoms with Gasteiger partial charge in [0.05, 0.1) is 12.1 Å². The number of hydrogen-bond acceptors (Lipinski definition) is 3. The van der Waals surface area contributed by atoms with Crippen molar-refractivity contribution in [1.82, 2.24) is 4.90 Å². The molecule has 0 aromatic heterocycles. The fourth-order valence-electron chi connectivity index (χ4n) is 3.32. The standard InChI is InChI=1S/C26H37NO3/c1-18(24(29)19-12-10-9-11-13-19)27(8)23(28)17-30-22-15-14-20(25(2,3)4)16-21(22)26(5,6)7/h9-16,18,24,29H,17H2,1-8H3. The molecule has 0 saturated carbocycles. The van der Waals surface area contributed by atoms with E-state index >= 15 is 0 Å². The molecule has 0 saturated heterocycles.